The lowest BCUT2D eigenvalue weighted by molar-refractivity contribution is -0.152. The Morgan fingerprint density at radius 1 is 0.957 bits per heavy atom. The molecular weight excluding hydrogens is 584 g/mol. The van der Waals surface area contributed by atoms with Gasteiger partial charge >= 0.3 is 18.2 Å². The Morgan fingerprint density at radius 3 is 2.15 bits per heavy atom. The highest BCUT2D eigenvalue weighted by atomic mass is 16.6. The van der Waals surface area contributed by atoms with Gasteiger partial charge in [0.25, 0.3) is 0 Å². The molecule has 0 radical (unpaired) electrons. The van der Waals surface area contributed by atoms with Gasteiger partial charge in [-0.1, -0.05) is 49.7 Å². The number of aromatic nitrogens is 3. The van der Waals surface area contributed by atoms with E-state index in [-0.39, 0.29) is 24.3 Å². The molecule has 10 nitrogen and oxygen atoms in total. The van der Waals surface area contributed by atoms with E-state index in [9.17, 15) is 14.4 Å². The number of hydrogen-bond donors (Lipinski definition) is 0. The molecule has 4 rings (SSSR count). The molecule has 1 saturated carbocycles. The Hall–Kier alpha value is -4.21. The normalized spacial score (nSPS) is 19.1. The van der Waals surface area contributed by atoms with Crippen LogP contribution in [0.3, 0.4) is 0 Å². The Balaban J connectivity index is 1.62. The number of esters is 1. The largest absolute Gasteiger partial charge is 0.457 e. The maximum atomic E-state index is 14.1. The van der Waals surface area contributed by atoms with Crippen molar-refractivity contribution in [2.75, 3.05) is 6.54 Å². The fourth-order valence-corrected chi connectivity index (χ4v) is 5.74. The Morgan fingerprint density at radius 2 is 1.59 bits per heavy atom. The van der Waals surface area contributed by atoms with E-state index in [0.717, 1.165) is 23.3 Å². The lowest BCUT2D eigenvalue weighted by atomic mass is 9.90. The van der Waals surface area contributed by atoms with Crippen molar-refractivity contribution in [3.63, 3.8) is 0 Å². The maximum absolute atomic E-state index is 14.1. The molecule has 248 valence electrons. The summed E-state index contributed by atoms with van der Waals surface area (Å²) in [5, 5.41) is 0. The van der Waals surface area contributed by atoms with Crippen molar-refractivity contribution in [2.24, 2.45) is 11.8 Å². The zero-order chi connectivity index (χ0) is 33.7. The second-order valence-corrected chi connectivity index (χ2v) is 14.1. The van der Waals surface area contributed by atoms with Gasteiger partial charge in [0.15, 0.2) is 0 Å². The van der Waals surface area contributed by atoms with E-state index in [4.69, 9.17) is 19.2 Å². The standard InChI is InChI=1S/C36H48N4O6/c1-9-15-26(22-40(32(42)45-34(3,4)5)33(43)46-35(6,7)8)20-28-21-36(28,31(41)44-25(2)27-16-11-10-12-17-27)29-23-39(24-38-29)30-18-13-14-19-37-30/h10-14,16-19,23-26,28H,9,15,20-22H2,1-8H3/t25-,26-,28+,36-/m1/s1. The van der Waals surface area contributed by atoms with Gasteiger partial charge < -0.3 is 14.2 Å². The first-order valence-electron chi connectivity index (χ1n) is 16.1. The number of benzene rings is 1. The molecule has 2 amide bonds. The molecule has 2 aromatic heterocycles. The molecule has 0 spiro atoms. The highest BCUT2D eigenvalue weighted by molar-refractivity contribution is 5.88. The van der Waals surface area contributed by atoms with Crippen LogP contribution in [0.2, 0.25) is 0 Å². The van der Waals surface area contributed by atoms with Crippen LogP contribution in [0.5, 0.6) is 0 Å². The van der Waals surface area contributed by atoms with Gasteiger partial charge in [0, 0.05) is 18.9 Å². The van der Waals surface area contributed by atoms with Crippen LogP contribution in [-0.2, 0) is 24.4 Å². The van der Waals surface area contributed by atoms with Crippen LogP contribution in [0, 0.1) is 11.8 Å². The lowest BCUT2D eigenvalue weighted by Crippen LogP contribution is -2.45. The molecular formula is C36H48N4O6. The summed E-state index contributed by atoms with van der Waals surface area (Å²) < 4.78 is 19.1. The van der Waals surface area contributed by atoms with Gasteiger partial charge in [-0.05, 0) is 97.3 Å². The zero-order valence-electron chi connectivity index (χ0n) is 28.4. The molecule has 1 fully saturated rings. The van der Waals surface area contributed by atoms with Crippen molar-refractivity contribution >= 4 is 18.2 Å². The first-order chi connectivity index (χ1) is 21.6. The highest BCUT2D eigenvalue weighted by Gasteiger charge is 2.64. The number of imidazole rings is 1. The molecule has 1 aromatic carbocycles. The topological polar surface area (TPSA) is 113 Å². The van der Waals surface area contributed by atoms with Gasteiger partial charge in [-0.3, -0.25) is 9.36 Å². The summed E-state index contributed by atoms with van der Waals surface area (Å²) in [5.74, 6) is 0.111. The van der Waals surface area contributed by atoms with Crippen LogP contribution in [-0.4, -0.2) is 55.3 Å². The van der Waals surface area contributed by atoms with Crippen LogP contribution in [0.25, 0.3) is 5.82 Å². The molecule has 3 aromatic rings. The number of carbonyl (C=O) groups excluding carboxylic acids is 3. The number of hydrogen-bond acceptors (Lipinski definition) is 8. The third-order valence-corrected chi connectivity index (χ3v) is 7.96. The van der Waals surface area contributed by atoms with Gasteiger partial charge in [-0.2, -0.15) is 0 Å². The zero-order valence-corrected chi connectivity index (χ0v) is 28.4. The molecule has 46 heavy (non-hydrogen) atoms. The van der Waals surface area contributed by atoms with Crippen LogP contribution in [0.1, 0.15) is 98.4 Å². The second-order valence-electron chi connectivity index (χ2n) is 14.1. The molecule has 2 heterocycles. The summed E-state index contributed by atoms with van der Waals surface area (Å²) >= 11 is 0. The molecule has 4 atom stereocenters. The molecule has 1 aliphatic rings. The summed E-state index contributed by atoms with van der Waals surface area (Å²) in [4.78, 5) is 50.9. The number of ether oxygens (including phenoxy) is 3. The van der Waals surface area contributed by atoms with Crippen molar-refractivity contribution < 1.29 is 28.6 Å². The quantitative estimate of drug-likeness (QED) is 0.155. The SMILES string of the molecule is CCC[C@H](C[C@H]1C[C@]1(C(=O)O[C@H](C)c1ccccc1)c1cn(-c2ccccn2)cn1)CN(C(=O)OC(C)(C)C)C(=O)OC(C)(C)C. The summed E-state index contributed by atoms with van der Waals surface area (Å²) in [7, 11) is 0. The Kier molecular flexibility index (Phi) is 10.6. The van der Waals surface area contributed by atoms with Crippen molar-refractivity contribution in [1.29, 1.82) is 0 Å². The van der Waals surface area contributed by atoms with E-state index in [1.165, 1.54) is 0 Å². The molecule has 0 bridgehead atoms. The van der Waals surface area contributed by atoms with E-state index in [1.54, 1.807) is 58.6 Å². The maximum Gasteiger partial charge on any atom is 0.419 e. The molecule has 0 saturated heterocycles. The van der Waals surface area contributed by atoms with Crippen molar-refractivity contribution in [1.82, 2.24) is 19.4 Å². The molecule has 10 heteroatoms. The van der Waals surface area contributed by atoms with Crippen molar-refractivity contribution in [2.45, 2.75) is 104 Å². The minimum Gasteiger partial charge on any atom is -0.457 e. The van der Waals surface area contributed by atoms with Crippen molar-refractivity contribution in [3.8, 4) is 5.82 Å². The van der Waals surface area contributed by atoms with E-state index in [1.807, 2.05) is 61.7 Å². The molecule has 0 N–H and O–H groups in total. The Bertz CT molecular complexity index is 1450. The van der Waals surface area contributed by atoms with Gasteiger partial charge in [0.2, 0.25) is 0 Å². The van der Waals surface area contributed by atoms with Crippen LogP contribution < -0.4 is 0 Å². The smallest absolute Gasteiger partial charge is 0.419 e. The predicted octanol–water partition coefficient (Wildman–Crippen LogP) is 7.81. The van der Waals surface area contributed by atoms with Gasteiger partial charge in [0.05, 0.1) is 5.69 Å². The fourth-order valence-electron chi connectivity index (χ4n) is 5.74. The van der Waals surface area contributed by atoms with Crippen LogP contribution in [0.4, 0.5) is 9.59 Å². The van der Waals surface area contributed by atoms with E-state index >= 15 is 0 Å². The Labute approximate surface area is 272 Å². The minimum atomic E-state index is -0.974. The van der Waals surface area contributed by atoms with E-state index in [2.05, 4.69) is 11.9 Å². The van der Waals surface area contributed by atoms with Crippen molar-refractivity contribution in [3.05, 3.63) is 78.5 Å². The number of amides is 2. The number of rotatable bonds is 11. The first-order valence-corrected chi connectivity index (χ1v) is 16.1. The lowest BCUT2D eigenvalue weighted by Gasteiger charge is -2.31. The first kappa shape index (κ1) is 34.7. The monoisotopic (exact) mass is 632 g/mol. The molecule has 0 unspecified atom stereocenters. The number of nitrogens with zero attached hydrogens (tertiary/aromatic N) is 4. The summed E-state index contributed by atoms with van der Waals surface area (Å²) in [5.41, 5.74) is -1.06. The summed E-state index contributed by atoms with van der Waals surface area (Å²) in [6, 6.07) is 15.2. The van der Waals surface area contributed by atoms with E-state index in [0.29, 0.717) is 24.4 Å². The van der Waals surface area contributed by atoms with Crippen LogP contribution in [0.15, 0.2) is 67.3 Å². The second kappa shape index (κ2) is 14.1. The van der Waals surface area contributed by atoms with E-state index < -0.39 is 34.9 Å². The number of pyridine rings is 1. The third kappa shape index (κ3) is 8.73. The van der Waals surface area contributed by atoms with Gasteiger partial charge in [0.1, 0.15) is 34.9 Å². The summed E-state index contributed by atoms with van der Waals surface area (Å²) in [6.45, 7) is 14.6. The fraction of sp³-hybridized carbons (Fsp3) is 0.528. The van der Waals surface area contributed by atoms with Gasteiger partial charge in [-0.15, -0.1) is 0 Å². The van der Waals surface area contributed by atoms with Gasteiger partial charge in [-0.25, -0.2) is 24.5 Å². The summed E-state index contributed by atoms with van der Waals surface area (Å²) in [6.07, 6.45) is 5.91. The molecule has 0 aliphatic heterocycles. The average Bonchev–Trinajstić information content (AvgIpc) is 3.48. The average molecular weight is 633 g/mol. The van der Waals surface area contributed by atoms with Crippen LogP contribution >= 0.6 is 0 Å². The highest BCUT2D eigenvalue weighted by Crippen LogP contribution is 2.58. The number of carbonyl (C=O) groups is 3. The minimum absolute atomic E-state index is 0.0993. The molecule has 1 aliphatic carbocycles. The predicted molar refractivity (Wildman–Crippen MR) is 174 cm³/mol. The number of imide groups is 1. The third-order valence-electron chi connectivity index (χ3n) is 7.96.